The van der Waals surface area contributed by atoms with E-state index in [0.29, 0.717) is 18.3 Å². The molecule has 1 aliphatic heterocycles. The Bertz CT molecular complexity index is 264. The number of nitrogens with zero attached hydrogens (tertiary/aromatic N) is 1. The van der Waals surface area contributed by atoms with E-state index in [4.69, 9.17) is 0 Å². The second-order valence-corrected chi connectivity index (χ2v) is 6.36. The van der Waals surface area contributed by atoms with Crippen LogP contribution in [0, 0.1) is 0 Å². The average molecular weight is 220 g/mol. The van der Waals surface area contributed by atoms with Gasteiger partial charge in [0.1, 0.15) is 0 Å². The van der Waals surface area contributed by atoms with E-state index < -0.39 is 9.84 Å². The molecule has 0 aromatic rings. The lowest BCUT2D eigenvalue weighted by atomic mass is 10.2. The van der Waals surface area contributed by atoms with Crippen LogP contribution < -0.4 is 5.32 Å². The molecule has 4 nitrogen and oxygen atoms in total. The maximum Gasteiger partial charge on any atom is 0.151 e. The Hall–Kier alpha value is -0.130. The molecular formula is C9H20N2O2S. The maximum absolute atomic E-state index is 11.3. The summed E-state index contributed by atoms with van der Waals surface area (Å²) >= 11 is 0. The smallest absolute Gasteiger partial charge is 0.151 e. The molecule has 0 saturated carbocycles. The summed E-state index contributed by atoms with van der Waals surface area (Å²) in [6, 6.07) is 0.480. The zero-order chi connectivity index (χ0) is 10.6. The van der Waals surface area contributed by atoms with Crippen molar-refractivity contribution in [3.05, 3.63) is 0 Å². The van der Waals surface area contributed by atoms with Gasteiger partial charge >= 0.3 is 0 Å². The summed E-state index contributed by atoms with van der Waals surface area (Å²) in [5, 5.41) is 3.33. The van der Waals surface area contributed by atoms with Crippen molar-refractivity contribution in [1.82, 2.24) is 10.2 Å². The molecule has 0 aromatic heterocycles. The largest absolute Gasteiger partial charge is 0.312 e. The first-order valence-electron chi connectivity index (χ1n) is 5.19. The van der Waals surface area contributed by atoms with Crippen molar-refractivity contribution >= 4 is 9.84 Å². The van der Waals surface area contributed by atoms with Crippen molar-refractivity contribution in [2.75, 3.05) is 37.7 Å². The molecule has 1 atom stereocenters. The van der Waals surface area contributed by atoms with E-state index in [-0.39, 0.29) is 5.75 Å². The summed E-state index contributed by atoms with van der Waals surface area (Å²) in [6.45, 7) is 7.40. The Labute approximate surface area is 86.6 Å². The molecule has 1 heterocycles. The SMILES string of the molecule is CCS(=O)(=O)CCN1CCNC(C)C1. The number of rotatable bonds is 4. The lowest BCUT2D eigenvalue weighted by Crippen LogP contribution is -2.50. The lowest BCUT2D eigenvalue weighted by molar-refractivity contribution is 0.217. The number of sulfone groups is 1. The monoisotopic (exact) mass is 220 g/mol. The van der Waals surface area contributed by atoms with Gasteiger partial charge in [0.05, 0.1) is 5.75 Å². The third-order valence-corrected chi connectivity index (χ3v) is 4.30. The summed E-state index contributed by atoms with van der Waals surface area (Å²) in [5.41, 5.74) is 0. The Morgan fingerprint density at radius 3 is 2.79 bits per heavy atom. The lowest BCUT2D eigenvalue weighted by Gasteiger charge is -2.31. The molecule has 1 N–H and O–H groups in total. The van der Waals surface area contributed by atoms with Gasteiger partial charge in [-0.2, -0.15) is 0 Å². The van der Waals surface area contributed by atoms with E-state index in [1.165, 1.54) is 0 Å². The fourth-order valence-corrected chi connectivity index (χ4v) is 2.45. The topological polar surface area (TPSA) is 49.4 Å². The minimum Gasteiger partial charge on any atom is -0.312 e. The second kappa shape index (κ2) is 5.09. The Morgan fingerprint density at radius 2 is 2.21 bits per heavy atom. The van der Waals surface area contributed by atoms with Crippen LogP contribution >= 0.6 is 0 Å². The molecule has 1 rings (SSSR count). The Morgan fingerprint density at radius 1 is 1.50 bits per heavy atom. The van der Waals surface area contributed by atoms with Gasteiger partial charge in [0, 0.05) is 38.0 Å². The van der Waals surface area contributed by atoms with Crippen LogP contribution in [0.3, 0.4) is 0 Å². The minimum absolute atomic E-state index is 0.259. The van der Waals surface area contributed by atoms with E-state index in [0.717, 1.165) is 19.6 Å². The van der Waals surface area contributed by atoms with Crippen LogP contribution in [0.1, 0.15) is 13.8 Å². The first kappa shape index (κ1) is 11.9. The normalized spacial score (nSPS) is 25.1. The molecule has 0 aromatic carbocycles. The molecule has 0 amide bonds. The molecule has 0 radical (unpaired) electrons. The van der Waals surface area contributed by atoms with Crippen molar-refractivity contribution < 1.29 is 8.42 Å². The van der Waals surface area contributed by atoms with E-state index in [1.54, 1.807) is 6.92 Å². The standard InChI is InChI=1S/C9H20N2O2S/c1-3-14(12,13)7-6-11-5-4-10-9(2)8-11/h9-10H,3-8H2,1-2H3. The maximum atomic E-state index is 11.3. The van der Waals surface area contributed by atoms with Crippen LogP contribution in [0.25, 0.3) is 0 Å². The Kier molecular flexibility index (Phi) is 4.34. The van der Waals surface area contributed by atoms with Gasteiger partial charge in [-0.1, -0.05) is 6.92 Å². The molecule has 1 unspecified atom stereocenters. The van der Waals surface area contributed by atoms with Crippen LogP contribution in [-0.2, 0) is 9.84 Å². The zero-order valence-corrected chi connectivity index (χ0v) is 9.81. The molecule has 0 aliphatic carbocycles. The Balaban J connectivity index is 2.31. The van der Waals surface area contributed by atoms with Crippen LogP contribution in [0.5, 0.6) is 0 Å². The molecule has 1 fully saturated rings. The van der Waals surface area contributed by atoms with Gasteiger partial charge in [0.25, 0.3) is 0 Å². The molecule has 84 valence electrons. The summed E-state index contributed by atoms with van der Waals surface area (Å²) in [5.74, 6) is 0.560. The highest BCUT2D eigenvalue weighted by atomic mass is 32.2. The highest BCUT2D eigenvalue weighted by Gasteiger charge is 2.17. The molecule has 1 saturated heterocycles. The van der Waals surface area contributed by atoms with Gasteiger partial charge in [0.15, 0.2) is 9.84 Å². The van der Waals surface area contributed by atoms with Crippen LogP contribution in [0.15, 0.2) is 0 Å². The molecule has 0 bridgehead atoms. The average Bonchev–Trinajstić information content (AvgIpc) is 2.15. The summed E-state index contributed by atoms with van der Waals surface area (Å²) in [7, 11) is -2.80. The van der Waals surface area contributed by atoms with Crippen molar-refractivity contribution in [2.24, 2.45) is 0 Å². The highest BCUT2D eigenvalue weighted by Crippen LogP contribution is 1.99. The number of hydrogen-bond acceptors (Lipinski definition) is 4. The highest BCUT2D eigenvalue weighted by molar-refractivity contribution is 7.91. The minimum atomic E-state index is -2.80. The van der Waals surface area contributed by atoms with E-state index in [1.807, 2.05) is 0 Å². The fourth-order valence-electron chi connectivity index (χ4n) is 1.63. The summed E-state index contributed by atoms with van der Waals surface area (Å²) in [6.07, 6.45) is 0. The molecule has 0 spiro atoms. The van der Waals surface area contributed by atoms with Crippen molar-refractivity contribution in [2.45, 2.75) is 19.9 Å². The van der Waals surface area contributed by atoms with Crippen molar-refractivity contribution in [1.29, 1.82) is 0 Å². The third kappa shape index (κ3) is 3.94. The first-order chi connectivity index (χ1) is 6.53. The molecule has 1 aliphatic rings. The number of hydrogen-bond donors (Lipinski definition) is 1. The van der Waals surface area contributed by atoms with E-state index in [2.05, 4.69) is 17.1 Å². The number of nitrogens with one attached hydrogen (secondary N) is 1. The van der Waals surface area contributed by atoms with Crippen molar-refractivity contribution in [3.8, 4) is 0 Å². The van der Waals surface area contributed by atoms with Gasteiger partial charge in [-0.15, -0.1) is 0 Å². The predicted molar refractivity (Wildman–Crippen MR) is 58.2 cm³/mol. The summed E-state index contributed by atoms with van der Waals surface area (Å²) in [4.78, 5) is 2.22. The van der Waals surface area contributed by atoms with Crippen LogP contribution in [0.2, 0.25) is 0 Å². The first-order valence-corrected chi connectivity index (χ1v) is 7.02. The van der Waals surface area contributed by atoms with Crippen LogP contribution in [0.4, 0.5) is 0 Å². The van der Waals surface area contributed by atoms with Crippen molar-refractivity contribution in [3.63, 3.8) is 0 Å². The predicted octanol–water partition coefficient (Wildman–Crippen LogP) is -0.285. The van der Waals surface area contributed by atoms with Gasteiger partial charge in [0.2, 0.25) is 0 Å². The zero-order valence-electron chi connectivity index (χ0n) is 8.99. The van der Waals surface area contributed by atoms with Crippen LogP contribution in [-0.4, -0.2) is 57.0 Å². The van der Waals surface area contributed by atoms with Gasteiger partial charge in [-0.3, -0.25) is 4.90 Å². The van der Waals surface area contributed by atoms with Gasteiger partial charge in [-0.25, -0.2) is 8.42 Å². The number of piperazine rings is 1. The van der Waals surface area contributed by atoms with E-state index in [9.17, 15) is 8.42 Å². The van der Waals surface area contributed by atoms with Gasteiger partial charge < -0.3 is 5.32 Å². The fraction of sp³-hybridized carbons (Fsp3) is 1.00. The molecule has 5 heteroatoms. The van der Waals surface area contributed by atoms with Gasteiger partial charge in [-0.05, 0) is 6.92 Å². The summed E-state index contributed by atoms with van der Waals surface area (Å²) < 4.78 is 22.6. The van der Waals surface area contributed by atoms with E-state index >= 15 is 0 Å². The quantitative estimate of drug-likeness (QED) is 0.707. The second-order valence-electron chi connectivity index (χ2n) is 3.89. The molecular weight excluding hydrogens is 200 g/mol. The molecule has 14 heavy (non-hydrogen) atoms. The third-order valence-electron chi connectivity index (χ3n) is 2.61.